The van der Waals surface area contributed by atoms with Crippen LogP contribution in [0.25, 0.3) is 11.1 Å². The number of nitrogens with zero attached hydrogens (tertiary/aromatic N) is 2. The molecule has 11 atom stereocenters. The number of aliphatic hydroxyl groups is 1. The van der Waals surface area contributed by atoms with Crippen LogP contribution < -0.4 is 32.7 Å². The van der Waals surface area contributed by atoms with E-state index in [0.29, 0.717) is 29.6 Å². The van der Waals surface area contributed by atoms with Crippen LogP contribution in [0, 0.1) is 17.3 Å². The Labute approximate surface area is 396 Å². The molecule has 19 heteroatoms. The maximum absolute atomic E-state index is 15.0. The number of rotatable bonds is 22. The number of carbonyl (C=O) groups is 5. The lowest BCUT2D eigenvalue weighted by Gasteiger charge is -2.64. The molecule has 3 aliphatic carbocycles. The molecular weight excluding hydrogens is 875 g/mol. The number of unbranched alkanes of at least 4 members (excludes halogenated alkanes) is 3. The molecule has 3 saturated carbocycles. The zero-order chi connectivity index (χ0) is 48.8. The number of aliphatic hydroxyl groups excluding tert-OH is 1. The molecule has 67 heavy (non-hydrogen) atoms. The predicted molar refractivity (Wildman–Crippen MR) is 257 cm³/mol. The number of hydrogen-bond donors (Lipinski definition) is 7. The smallest absolute Gasteiger partial charge is 0.404 e. The lowest BCUT2D eigenvalue weighted by molar-refractivity contribution is -0.199. The number of nitrogens with two attached hydrogens (primary N) is 2. The molecular formula is C48H73BN8O9S. The summed E-state index contributed by atoms with van der Waals surface area (Å²) in [5, 5.41) is 21.2. The van der Waals surface area contributed by atoms with Crippen molar-refractivity contribution in [3.63, 3.8) is 0 Å². The molecule has 2 aromatic carbocycles. The zero-order valence-electron chi connectivity index (χ0n) is 40.3. The summed E-state index contributed by atoms with van der Waals surface area (Å²) in [6.07, 6.45) is 6.49. The van der Waals surface area contributed by atoms with Crippen molar-refractivity contribution in [2.24, 2.45) is 33.1 Å². The molecule has 2 aliphatic heterocycles. The molecule has 2 saturated heterocycles. The SMILES string of the molecule is CCCCCCc1ccc(-c2ccc(S(=O)(=NCCN)N3CCC[C@H]3C(=O)N[C@H](C(=O)N[C@@H](C)C(=O)NC(CC(N)=O)C(=O)N[C@@H](C)B3O[C@@H]4C[C@H]5C[C@H](C5(C)C)[C@]4(C)O3)[C@@H](C)O)cc2)cc1. The summed E-state index contributed by atoms with van der Waals surface area (Å²) >= 11 is 0. The normalized spacial score (nSPS) is 26.1. The molecule has 2 heterocycles. The van der Waals surface area contributed by atoms with Crippen LogP contribution in [0.4, 0.5) is 0 Å². The van der Waals surface area contributed by atoms with Gasteiger partial charge in [0.05, 0.1) is 41.6 Å². The fourth-order valence-electron chi connectivity index (χ4n) is 10.4. The summed E-state index contributed by atoms with van der Waals surface area (Å²) in [6.45, 7) is 13.6. The number of amides is 5. The van der Waals surface area contributed by atoms with Crippen LogP contribution in [0.1, 0.15) is 112 Å². The van der Waals surface area contributed by atoms with Gasteiger partial charge in [-0.05, 0) is 112 Å². The quantitative estimate of drug-likeness (QED) is 0.0671. The van der Waals surface area contributed by atoms with Crippen molar-refractivity contribution < 1.29 is 42.6 Å². The summed E-state index contributed by atoms with van der Waals surface area (Å²) < 4.78 is 33.9. The van der Waals surface area contributed by atoms with E-state index in [4.69, 9.17) is 20.8 Å². The van der Waals surface area contributed by atoms with Crippen LogP contribution in [0.2, 0.25) is 0 Å². The first-order valence-electron chi connectivity index (χ1n) is 24.1. The fraction of sp³-hybridized carbons (Fsp3) is 0.646. The van der Waals surface area contributed by atoms with Gasteiger partial charge in [0.15, 0.2) is 0 Å². The average Bonchev–Trinajstić information content (AvgIpc) is 3.94. The molecule has 0 aromatic heterocycles. The standard InChI is InChI=1S/C48H73BN8O9S/c1-8-9-10-11-13-32-15-17-33(18-16-32)34-19-21-36(22-20-34)67(64,52-24-23-50)57-25-12-14-38(57)45(62)56-42(30(3)58)46(63)53-29(2)43(60)55-37(28-41(51)59)44(61)54-31(4)49-65-40-27-35-26-39(47(35,5)6)48(40,7)66-49/h15-22,29-31,35,37-40,42,58H,8-14,23-28,50H2,1-7H3,(H2,51,59)(H,53,63)(H,54,61)(H,55,60)(H,56,62)/t29-,30+,31-,35+,37?,38-,39+,40+,42-,48-,67?/m0/s1. The van der Waals surface area contributed by atoms with Crippen LogP contribution in [0.5, 0.6) is 0 Å². The van der Waals surface area contributed by atoms with Crippen LogP contribution in [0.15, 0.2) is 57.8 Å². The monoisotopic (exact) mass is 949 g/mol. The van der Waals surface area contributed by atoms with E-state index in [1.807, 2.05) is 12.1 Å². The number of primary amides is 1. The Morgan fingerprint density at radius 2 is 1.58 bits per heavy atom. The van der Waals surface area contributed by atoms with Gasteiger partial charge in [0.2, 0.25) is 29.5 Å². The van der Waals surface area contributed by atoms with Gasteiger partial charge in [0.25, 0.3) is 0 Å². The van der Waals surface area contributed by atoms with Crippen molar-refractivity contribution in [3.05, 3.63) is 54.1 Å². The lowest BCUT2D eigenvalue weighted by atomic mass is 9.43. The topological polar surface area (TPSA) is 257 Å². The molecule has 17 nitrogen and oxygen atoms in total. The molecule has 2 unspecified atom stereocenters. The number of aryl methyl sites for hydroxylation is 1. The Balaban J connectivity index is 1.06. The number of carbonyl (C=O) groups excluding carboxylic acids is 5. The van der Waals surface area contributed by atoms with Gasteiger partial charge in [-0.2, -0.15) is 0 Å². The molecule has 9 N–H and O–H groups in total. The second-order valence-electron chi connectivity index (χ2n) is 19.8. The van der Waals surface area contributed by atoms with Crippen LogP contribution in [-0.2, 0) is 49.6 Å². The number of benzene rings is 2. The van der Waals surface area contributed by atoms with Crippen molar-refractivity contribution in [1.29, 1.82) is 0 Å². The molecule has 5 amide bonds. The van der Waals surface area contributed by atoms with E-state index in [0.717, 1.165) is 36.8 Å². The third-order valence-corrected chi connectivity index (χ3v) is 17.1. The van der Waals surface area contributed by atoms with Gasteiger partial charge >= 0.3 is 7.12 Å². The van der Waals surface area contributed by atoms with E-state index >= 15 is 0 Å². The van der Waals surface area contributed by atoms with E-state index in [2.05, 4.69) is 77.6 Å². The maximum Gasteiger partial charge on any atom is 0.481 e. The Morgan fingerprint density at radius 3 is 2.19 bits per heavy atom. The van der Waals surface area contributed by atoms with E-state index in [-0.39, 0.29) is 31.2 Å². The highest BCUT2D eigenvalue weighted by Gasteiger charge is 2.68. The molecule has 368 valence electrons. The summed E-state index contributed by atoms with van der Waals surface area (Å²) in [6, 6.07) is 10.5. The van der Waals surface area contributed by atoms with Crippen LogP contribution in [0.3, 0.4) is 0 Å². The lowest BCUT2D eigenvalue weighted by Crippen LogP contribution is -2.65. The predicted octanol–water partition coefficient (Wildman–Crippen LogP) is 3.14. The first-order valence-corrected chi connectivity index (χ1v) is 25.6. The fourth-order valence-corrected chi connectivity index (χ4v) is 12.8. The first kappa shape index (κ1) is 52.0. The number of nitrogens with one attached hydrogen (secondary N) is 4. The van der Waals surface area contributed by atoms with Crippen molar-refractivity contribution in [2.75, 3.05) is 19.6 Å². The van der Waals surface area contributed by atoms with Gasteiger partial charge in [-0.1, -0.05) is 76.4 Å². The van der Waals surface area contributed by atoms with E-state index in [9.17, 15) is 33.3 Å². The molecule has 0 spiro atoms. The molecule has 2 aromatic rings. The van der Waals surface area contributed by atoms with Gasteiger partial charge < -0.3 is 47.1 Å². The van der Waals surface area contributed by atoms with Crippen molar-refractivity contribution in [1.82, 2.24) is 25.6 Å². The maximum atomic E-state index is 15.0. The molecule has 2 bridgehead atoms. The van der Waals surface area contributed by atoms with Crippen LogP contribution in [-0.4, -0.2) is 118 Å². The Bertz CT molecular complexity index is 2220. The summed E-state index contributed by atoms with van der Waals surface area (Å²) in [5.41, 5.74) is 14.2. The zero-order valence-corrected chi connectivity index (χ0v) is 41.1. The third-order valence-electron chi connectivity index (χ3n) is 14.6. The van der Waals surface area contributed by atoms with Crippen molar-refractivity contribution in [2.45, 2.75) is 165 Å². The van der Waals surface area contributed by atoms with Gasteiger partial charge in [0, 0.05) is 13.1 Å². The van der Waals surface area contributed by atoms with Gasteiger partial charge in [-0.25, -0.2) is 12.9 Å². The van der Waals surface area contributed by atoms with Gasteiger partial charge in [0.1, 0.15) is 34.1 Å². The molecule has 5 aliphatic rings. The Kier molecular flexibility index (Phi) is 17.0. The summed E-state index contributed by atoms with van der Waals surface area (Å²) in [7, 11) is -4.11. The minimum atomic E-state index is -3.36. The number of hydrogen-bond acceptors (Lipinski definition) is 11. The molecule has 0 radical (unpaired) electrons. The summed E-state index contributed by atoms with van der Waals surface area (Å²) in [4.78, 5) is 67.2. The van der Waals surface area contributed by atoms with Gasteiger partial charge in [-0.15, -0.1) is 0 Å². The van der Waals surface area contributed by atoms with E-state index in [1.54, 1.807) is 23.4 Å². The van der Waals surface area contributed by atoms with Crippen LogP contribution >= 0.6 is 0 Å². The second-order valence-corrected chi connectivity index (χ2v) is 22.0. The largest absolute Gasteiger partial charge is 0.481 e. The Morgan fingerprint density at radius 1 is 0.910 bits per heavy atom. The first-order chi connectivity index (χ1) is 31.7. The van der Waals surface area contributed by atoms with E-state index in [1.165, 1.54) is 38.7 Å². The average molecular weight is 949 g/mol. The highest BCUT2D eigenvalue weighted by Crippen LogP contribution is 2.65. The van der Waals surface area contributed by atoms with Gasteiger partial charge in [-0.3, -0.25) is 24.0 Å². The second kappa shape index (κ2) is 21.9. The summed E-state index contributed by atoms with van der Waals surface area (Å²) in [5.74, 6) is -3.72. The molecule has 5 fully saturated rings. The minimum absolute atomic E-state index is 0.0768. The van der Waals surface area contributed by atoms with Crippen molar-refractivity contribution in [3.8, 4) is 11.1 Å². The van der Waals surface area contributed by atoms with E-state index < -0.39 is 94.8 Å². The van der Waals surface area contributed by atoms with Crippen molar-refractivity contribution >= 4 is 46.6 Å². The molecule has 7 rings (SSSR count). The third kappa shape index (κ3) is 11.6. The minimum Gasteiger partial charge on any atom is -0.404 e. The highest BCUT2D eigenvalue weighted by atomic mass is 32.2. The Hall–Kier alpha value is -4.40. The highest BCUT2D eigenvalue weighted by molar-refractivity contribution is 7.91.